The summed E-state index contributed by atoms with van der Waals surface area (Å²) in [5.41, 5.74) is -3.41. The van der Waals surface area contributed by atoms with Crippen molar-refractivity contribution in [3.8, 4) is 5.75 Å². The van der Waals surface area contributed by atoms with Gasteiger partial charge in [-0.1, -0.05) is 44.1 Å². The van der Waals surface area contributed by atoms with Gasteiger partial charge >= 0.3 is 6.09 Å². The molecule has 0 unspecified atom stereocenters. The van der Waals surface area contributed by atoms with Gasteiger partial charge in [-0.3, -0.25) is 4.90 Å². The largest absolute Gasteiger partial charge is 0.494 e. The van der Waals surface area contributed by atoms with Crippen LogP contribution in [0.3, 0.4) is 0 Å². The van der Waals surface area contributed by atoms with Crippen LogP contribution in [0.2, 0.25) is 0 Å². The maximum Gasteiger partial charge on any atom is 0.408 e. The predicted molar refractivity (Wildman–Crippen MR) is 136 cm³/mol. The second kappa shape index (κ2) is 12.0. The molecule has 200 valence electrons. The molecule has 0 aromatic heterocycles. The number of amides is 1. The van der Waals surface area contributed by atoms with Gasteiger partial charge in [0.05, 0.1) is 33.7 Å². The standard InChI is InChI=1S/C26H37FN2O6S/c1-18(2)16-28(36(33,34)20-12-13-24(35-6)21(27)15-20)17-23(30)22(14-19-10-8-7-9-11-19)29(25(31)32)26(3,4)5/h7-13,15,18,22-23,30H,14,16-17H2,1-6H3,(H,31,32)/t22-,23+/m0/s1/i7D,8D,9D,10D,11D,14D2,17D2,22D,23D,25+2,30D. The molecule has 0 aliphatic heterocycles. The summed E-state index contributed by atoms with van der Waals surface area (Å²) in [6.07, 6.45) is -10.6. The van der Waals surface area contributed by atoms with Crippen LogP contribution in [0.1, 0.15) is 55.3 Å². The minimum absolute atomic E-state index is 0.0997. The van der Waals surface area contributed by atoms with Gasteiger partial charge in [-0.2, -0.15) is 4.31 Å². The molecule has 10 heteroatoms. The smallest absolute Gasteiger partial charge is 0.408 e. The monoisotopic (exact) mass is 538 g/mol. The lowest BCUT2D eigenvalue weighted by Crippen LogP contribution is -2.58. The average Bonchev–Trinajstić information content (AvgIpc) is 2.95. The van der Waals surface area contributed by atoms with Crippen molar-refractivity contribution in [3.63, 3.8) is 0 Å². The molecule has 0 aliphatic carbocycles. The van der Waals surface area contributed by atoms with Crippen molar-refractivity contribution < 1.29 is 47.6 Å². The number of benzene rings is 2. The highest BCUT2D eigenvalue weighted by Crippen LogP contribution is 2.27. The summed E-state index contributed by atoms with van der Waals surface area (Å²) in [7, 11) is -4.24. The second-order valence-electron chi connectivity index (χ2n) is 8.93. The Morgan fingerprint density at radius 1 is 1.28 bits per heavy atom. The molecule has 2 aromatic rings. The van der Waals surface area contributed by atoms with Crippen LogP contribution >= 0.6 is 0 Å². The first-order valence-corrected chi connectivity index (χ1v) is 12.1. The van der Waals surface area contributed by atoms with Crippen molar-refractivity contribution in [2.24, 2.45) is 5.92 Å². The summed E-state index contributed by atoms with van der Waals surface area (Å²) < 4.78 is 151. The molecule has 2 N–H and O–H groups in total. The van der Waals surface area contributed by atoms with E-state index in [1.165, 1.54) is 13.8 Å². The molecular formula is C26H37FN2O6S. The van der Waals surface area contributed by atoms with Gasteiger partial charge < -0.3 is 15.0 Å². The van der Waals surface area contributed by atoms with E-state index >= 15 is 0 Å². The molecular weight excluding hydrogens is 489 g/mol. The van der Waals surface area contributed by atoms with Crippen LogP contribution < -0.4 is 4.74 Å². The van der Waals surface area contributed by atoms with Gasteiger partial charge in [-0.25, -0.2) is 17.6 Å². The van der Waals surface area contributed by atoms with Crippen LogP contribution in [0.5, 0.6) is 5.75 Å². The zero-order valence-corrected chi connectivity index (χ0v) is 21.5. The van der Waals surface area contributed by atoms with Gasteiger partial charge in [0.2, 0.25) is 11.5 Å². The number of methoxy groups -OCH3 is 1. The van der Waals surface area contributed by atoms with E-state index < -0.39 is 111 Å². The summed E-state index contributed by atoms with van der Waals surface area (Å²) in [4.78, 5) is 11.9. The van der Waals surface area contributed by atoms with Crippen molar-refractivity contribution in [2.75, 3.05) is 20.2 Å². The van der Waals surface area contributed by atoms with Crippen molar-refractivity contribution in [1.82, 2.24) is 9.21 Å². The third kappa shape index (κ3) is 7.41. The third-order valence-electron chi connectivity index (χ3n) is 4.51. The molecule has 0 saturated heterocycles. The summed E-state index contributed by atoms with van der Waals surface area (Å²) in [5.74, 6) is -2.41. The van der Waals surface area contributed by atoms with E-state index in [2.05, 4.69) is 5.11 Å². The Morgan fingerprint density at radius 3 is 2.39 bits per heavy atom. The number of hydrogen-bond acceptors (Lipinski definition) is 5. The zero-order valence-electron chi connectivity index (χ0n) is 32.7. The molecule has 0 radical (unpaired) electrons. The Labute approximate surface area is 230 Å². The Balaban J connectivity index is 3.25. The van der Waals surface area contributed by atoms with Gasteiger partial charge in [0.1, 0.15) is 0 Å². The molecule has 2 aromatic carbocycles. The third-order valence-corrected chi connectivity index (χ3v) is 6.18. The first-order chi connectivity index (χ1) is 21.5. The number of carbonyl (C=O) groups is 1. The van der Waals surface area contributed by atoms with Gasteiger partial charge in [0, 0.05) is 24.1 Å². The summed E-state index contributed by atoms with van der Waals surface area (Å²) in [6.45, 7) is 1.05. The normalized spacial score (nSPS) is 21.4. The molecule has 36 heavy (non-hydrogen) atoms. The number of aliphatic hydroxyl groups is 1. The first-order valence-electron chi connectivity index (χ1n) is 16.6. The van der Waals surface area contributed by atoms with Crippen LogP contribution in [-0.4, -0.2) is 73.2 Å². The lowest BCUT2D eigenvalue weighted by Gasteiger charge is -2.42. The highest BCUT2D eigenvalue weighted by atomic mass is 32.2. The van der Waals surface area contributed by atoms with Crippen molar-refractivity contribution in [2.45, 2.75) is 63.5 Å². The van der Waals surface area contributed by atoms with Crippen molar-refractivity contribution in [3.05, 3.63) is 59.8 Å². The number of nitrogens with zero attached hydrogens (tertiary/aromatic N) is 2. The van der Waals surface area contributed by atoms with Gasteiger partial charge in [-0.15, -0.1) is 0 Å². The Kier molecular flexibility index (Phi) is 5.42. The number of halogens is 1. The Morgan fingerprint density at radius 2 is 1.92 bits per heavy atom. The van der Waals surface area contributed by atoms with Crippen LogP contribution in [0.4, 0.5) is 9.18 Å². The molecule has 0 fully saturated rings. The van der Waals surface area contributed by atoms with Gasteiger partial charge in [0.15, 0.2) is 11.6 Å². The van der Waals surface area contributed by atoms with E-state index in [1.807, 2.05) is 0 Å². The van der Waals surface area contributed by atoms with Crippen molar-refractivity contribution in [1.29, 1.82) is 1.43 Å². The van der Waals surface area contributed by atoms with Crippen LogP contribution in [0.25, 0.3) is 0 Å². The topological polar surface area (TPSA) is 107 Å². The molecule has 1 amide bonds. The van der Waals surface area contributed by atoms with E-state index in [9.17, 15) is 25.5 Å². The highest BCUT2D eigenvalue weighted by Gasteiger charge is 2.39. The van der Waals surface area contributed by atoms with E-state index in [0.29, 0.717) is 6.07 Å². The maximum atomic E-state index is 14.7. The van der Waals surface area contributed by atoms with E-state index in [4.69, 9.17) is 18.5 Å². The summed E-state index contributed by atoms with van der Waals surface area (Å²) >= 11 is 0. The fraction of sp³-hybridized carbons (Fsp3) is 0.500. The number of rotatable bonds is 12. The zero-order chi connectivity index (χ0) is 37.7. The second-order valence-corrected chi connectivity index (χ2v) is 10.8. The quantitative estimate of drug-likeness (QED) is 0.419. The van der Waals surface area contributed by atoms with E-state index in [1.54, 1.807) is 0 Å². The van der Waals surface area contributed by atoms with Gasteiger partial charge in [0.25, 0.3) is 0 Å². The molecule has 2 rings (SSSR count). The van der Waals surface area contributed by atoms with E-state index in [0.717, 1.165) is 40.0 Å². The van der Waals surface area contributed by atoms with Crippen LogP contribution in [0.15, 0.2) is 53.3 Å². The van der Waals surface area contributed by atoms with Crippen LogP contribution in [-0.2, 0) is 16.4 Å². The Hall–Kier alpha value is -2.69. The fourth-order valence-corrected chi connectivity index (χ4v) is 4.44. The maximum absolute atomic E-state index is 14.7. The molecule has 0 heterocycles. The molecule has 2 atom stereocenters. The number of sulfonamides is 1. The summed E-state index contributed by atoms with van der Waals surface area (Å²) in [6, 6.07) is -7.90. The van der Waals surface area contributed by atoms with E-state index in [-0.39, 0.29) is 9.21 Å². The predicted octanol–water partition coefficient (Wildman–Crippen LogP) is 4.23. The fourth-order valence-electron chi connectivity index (χ4n) is 3.00. The molecule has 8 nitrogen and oxygen atoms in total. The van der Waals surface area contributed by atoms with Crippen molar-refractivity contribution >= 4 is 16.1 Å². The molecule has 0 aliphatic rings. The van der Waals surface area contributed by atoms with Crippen LogP contribution in [0, 0.1) is 11.7 Å². The molecule has 0 spiro atoms. The van der Waals surface area contributed by atoms with Gasteiger partial charge in [-0.05, 0) is 56.8 Å². The minimum atomic E-state index is -5.33. The number of ether oxygens (including phenoxy) is 1. The summed E-state index contributed by atoms with van der Waals surface area (Å²) in [5, 5.41) is 14.9. The highest BCUT2D eigenvalue weighted by molar-refractivity contribution is 7.89. The minimum Gasteiger partial charge on any atom is -0.494 e. The molecule has 0 bridgehead atoms. The number of carboxylic acid groups (broad SMARTS) is 1. The number of hydrogen-bond donors (Lipinski definition) is 2. The lowest BCUT2D eigenvalue weighted by molar-refractivity contribution is 0.000538. The Bertz CT molecular complexity index is 1650. The SMILES string of the molecule is [2H]O[C@]([2H])(C([2H])([2H])N(CC(C)C)S(=O)(=O)c1ccc(OC)c(F)c1)[C@@]([2H])(N([14C](=O)O)C(C)(C)C)C([2H])([2H])c1c([2H])c([2H])c([2H])c([2H])c1[2H]. The lowest BCUT2D eigenvalue weighted by atomic mass is 9.96. The average molecular weight is 539 g/mol. The first kappa shape index (κ1) is 16.2. The molecule has 0 saturated carbocycles.